The van der Waals surface area contributed by atoms with Crippen LogP contribution in [0.2, 0.25) is 0 Å². The summed E-state index contributed by atoms with van der Waals surface area (Å²) in [6.45, 7) is 6.24. The molecule has 1 aromatic rings. The van der Waals surface area contributed by atoms with Crippen molar-refractivity contribution < 1.29 is 9.53 Å². The van der Waals surface area contributed by atoms with Crippen LogP contribution in [0.4, 0.5) is 5.69 Å². The predicted octanol–water partition coefficient (Wildman–Crippen LogP) is 3.04. The number of carbonyl (C=O) groups excluding carboxylic acids is 1. The summed E-state index contributed by atoms with van der Waals surface area (Å²) in [7, 11) is 0. The third-order valence-electron chi connectivity index (χ3n) is 5.15. The number of likely N-dealkylation sites (tertiary alicyclic amines) is 1. The number of ether oxygens (including phenoxy) is 1. The van der Waals surface area contributed by atoms with Gasteiger partial charge in [0.2, 0.25) is 5.91 Å². The van der Waals surface area contributed by atoms with Crippen LogP contribution >= 0.6 is 0 Å². The Labute approximate surface area is 143 Å². The lowest BCUT2D eigenvalue weighted by Gasteiger charge is -2.33. The molecule has 1 atom stereocenters. The van der Waals surface area contributed by atoms with Crippen LogP contribution in [0.15, 0.2) is 24.3 Å². The zero-order valence-corrected chi connectivity index (χ0v) is 14.3. The molecule has 24 heavy (non-hydrogen) atoms. The highest BCUT2D eigenvalue weighted by Crippen LogP contribution is 2.41. The fourth-order valence-electron chi connectivity index (χ4n) is 3.33. The number of carbonyl (C=O) groups is 1. The van der Waals surface area contributed by atoms with Gasteiger partial charge >= 0.3 is 0 Å². The highest BCUT2D eigenvalue weighted by atomic mass is 16.5. The molecule has 128 valence electrons. The third-order valence-corrected chi connectivity index (χ3v) is 5.15. The van der Waals surface area contributed by atoms with Crippen molar-refractivity contribution in [2.75, 3.05) is 31.6 Å². The molecule has 0 aromatic heterocycles. The minimum atomic E-state index is -0.817. The molecule has 2 aliphatic rings. The number of amides is 1. The average Bonchev–Trinajstić information content (AvgIpc) is 2.94. The molecule has 0 spiro atoms. The van der Waals surface area contributed by atoms with Gasteiger partial charge in [-0.1, -0.05) is 6.92 Å². The number of benzene rings is 1. The van der Waals surface area contributed by atoms with Crippen molar-refractivity contribution in [3.8, 4) is 11.8 Å². The molecular weight excluding hydrogens is 302 g/mol. The Kier molecular flexibility index (Phi) is 5.06. The molecule has 1 saturated carbocycles. The van der Waals surface area contributed by atoms with Crippen molar-refractivity contribution in [1.29, 1.82) is 5.26 Å². The first-order valence-corrected chi connectivity index (χ1v) is 8.79. The second-order valence-corrected chi connectivity index (χ2v) is 7.07. The first-order valence-electron chi connectivity index (χ1n) is 8.79. The smallest absolute Gasteiger partial charge is 0.244 e. The first kappa shape index (κ1) is 16.8. The fraction of sp³-hybridized carbons (Fsp3) is 0.579. The molecule has 0 bridgehead atoms. The summed E-state index contributed by atoms with van der Waals surface area (Å²) in [6.07, 6.45) is 3.54. The summed E-state index contributed by atoms with van der Waals surface area (Å²) in [4.78, 5) is 14.6. The minimum absolute atomic E-state index is 0.187. The van der Waals surface area contributed by atoms with E-state index in [1.807, 2.05) is 24.3 Å². The van der Waals surface area contributed by atoms with Gasteiger partial charge in [0.25, 0.3) is 0 Å². The van der Waals surface area contributed by atoms with Gasteiger partial charge in [0.15, 0.2) is 0 Å². The van der Waals surface area contributed by atoms with E-state index in [-0.39, 0.29) is 5.91 Å². The lowest BCUT2D eigenvalue weighted by molar-refractivity contribution is -0.126. The molecule has 1 aromatic carbocycles. The minimum Gasteiger partial charge on any atom is -0.492 e. The second-order valence-electron chi connectivity index (χ2n) is 7.07. The van der Waals surface area contributed by atoms with E-state index in [4.69, 9.17) is 4.74 Å². The van der Waals surface area contributed by atoms with Gasteiger partial charge in [0.05, 0.1) is 6.07 Å². The molecule has 5 heteroatoms. The molecule has 0 unspecified atom stereocenters. The molecule has 1 heterocycles. The van der Waals surface area contributed by atoms with Gasteiger partial charge in [0.1, 0.15) is 17.8 Å². The molecule has 1 aliphatic heterocycles. The number of anilines is 1. The van der Waals surface area contributed by atoms with E-state index >= 15 is 0 Å². The third kappa shape index (κ3) is 3.70. The molecule has 5 nitrogen and oxygen atoms in total. The molecule has 1 N–H and O–H groups in total. The van der Waals surface area contributed by atoms with Gasteiger partial charge in [0, 0.05) is 18.8 Å². The van der Waals surface area contributed by atoms with Crippen molar-refractivity contribution >= 4 is 11.6 Å². The van der Waals surface area contributed by atoms with Crippen LogP contribution in [0.25, 0.3) is 0 Å². The van der Waals surface area contributed by atoms with Gasteiger partial charge in [-0.3, -0.25) is 9.69 Å². The van der Waals surface area contributed by atoms with Crippen LogP contribution in [0.1, 0.15) is 32.6 Å². The summed E-state index contributed by atoms with van der Waals surface area (Å²) in [5, 5.41) is 12.0. The van der Waals surface area contributed by atoms with Crippen LogP contribution in [0.5, 0.6) is 5.75 Å². The maximum Gasteiger partial charge on any atom is 0.244 e. The standard InChI is InChI=1S/C19H25N3O2/c1-15-7-10-22(13-15)11-12-24-17-5-3-16(4-6-17)21-18(23)19(14-20)8-2-9-19/h3-6,15H,2,7-13H2,1H3,(H,21,23)/t15-/m0/s1. The summed E-state index contributed by atoms with van der Waals surface area (Å²) in [6, 6.07) is 9.55. The molecular formula is C19H25N3O2. The summed E-state index contributed by atoms with van der Waals surface area (Å²) in [5.41, 5.74) is -0.107. The number of rotatable bonds is 6. The van der Waals surface area contributed by atoms with Crippen molar-refractivity contribution in [2.24, 2.45) is 11.3 Å². The van der Waals surface area contributed by atoms with Gasteiger partial charge in [-0.05, 0) is 62.4 Å². The fourth-order valence-corrected chi connectivity index (χ4v) is 3.33. The summed E-state index contributed by atoms with van der Waals surface area (Å²) in [5.74, 6) is 1.41. The van der Waals surface area contributed by atoms with E-state index in [0.29, 0.717) is 25.1 Å². The number of nitrogens with zero attached hydrogens (tertiary/aromatic N) is 2. The van der Waals surface area contributed by atoms with E-state index in [2.05, 4.69) is 23.2 Å². The normalized spacial score (nSPS) is 22.4. The number of nitrogens with one attached hydrogen (secondary N) is 1. The van der Waals surface area contributed by atoms with E-state index in [1.54, 1.807) is 0 Å². The van der Waals surface area contributed by atoms with Crippen LogP contribution in [0, 0.1) is 22.7 Å². The van der Waals surface area contributed by atoms with E-state index in [0.717, 1.165) is 37.7 Å². The quantitative estimate of drug-likeness (QED) is 0.872. The highest BCUT2D eigenvalue weighted by Gasteiger charge is 2.44. The number of nitriles is 1. The van der Waals surface area contributed by atoms with Crippen molar-refractivity contribution in [3.63, 3.8) is 0 Å². The lowest BCUT2D eigenvalue weighted by Crippen LogP contribution is -2.40. The van der Waals surface area contributed by atoms with Crippen LogP contribution in [-0.2, 0) is 4.79 Å². The molecule has 1 saturated heterocycles. The number of hydrogen-bond donors (Lipinski definition) is 1. The van der Waals surface area contributed by atoms with Crippen LogP contribution in [-0.4, -0.2) is 37.0 Å². The highest BCUT2D eigenvalue weighted by molar-refractivity contribution is 5.97. The molecule has 1 aliphatic carbocycles. The molecule has 3 rings (SSSR count). The topological polar surface area (TPSA) is 65.4 Å². The van der Waals surface area contributed by atoms with Crippen LogP contribution in [0.3, 0.4) is 0 Å². The van der Waals surface area contributed by atoms with Crippen molar-refractivity contribution in [2.45, 2.75) is 32.6 Å². The summed E-state index contributed by atoms with van der Waals surface area (Å²) >= 11 is 0. The molecule has 2 fully saturated rings. The predicted molar refractivity (Wildman–Crippen MR) is 92.7 cm³/mol. The van der Waals surface area contributed by atoms with Gasteiger partial charge in [-0.25, -0.2) is 0 Å². The number of hydrogen-bond acceptors (Lipinski definition) is 4. The molecule has 0 radical (unpaired) electrons. The van der Waals surface area contributed by atoms with E-state index < -0.39 is 5.41 Å². The van der Waals surface area contributed by atoms with E-state index in [9.17, 15) is 10.1 Å². The SMILES string of the molecule is C[C@H]1CCN(CCOc2ccc(NC(=O)C3(C#N)CCC3)cc2)C1. The zero-order valence-electron chi connectivity index (χ0n) is 14.3. The van der Waals surface area contributed by atoms with Gasteiger partial charge in [-0.15, -0.1) is 0 Å². The average molecular weight is 327 g/mol. The Morgan fingerprint density at radius 1 is 1.42 bits per heavy atom. The Morgan fingerprint density at radius 3 is 2.71 bits per heavy atom. The second kappa shape index (κ2) is 7.23. The zero-order chi connectivity index (χ0) is 17.0. The Morgan fingerprint density at radius 2 is 2.17 bits per heavy atom. The first-order chi connectivity index (χ1) is 11.6. The Hall–Kier alpha value is -2.06. The molecule has 1 amide bonds. The van der Waals surface area contributed by atoms with Gasteiger partial charge in [-0.2, -0.15) is 5.26 Å². The van der Waals surface area contributed by atoms with Crippen molar-refractivity contribution in [3.05, 3.63) is 24.3 Å². The maximum atomic E-state index is 12.2. The largest absolute Gasteiger partial charge is 0.492 e. The van der Waals surface area contributed by atoms with E-state index in [1.165, 1.54) is 6.42 Å². The monoisotopic (exact) mass is 327 g/mol. The summed E-state index contributed by atoms with van der Waals surface area (Å²) < 4.78 is 5.78. The van der Waals surface area contributed by atoms with Gasteiger partial charge < -0.3 is 10.1 Å². The van der Waals surface area contributed by atoms with Crippen LogP contribution < -0.4 is 10.1 Å². The maximum absolute atomic E-state index is 12.2. The Balaban J connectivity index is 1.45. The van der Waals surface area contributed by atoms with Crippen molar-refractivity contribution in [1.82, 2.24) is 4.90 Å². The Bertz CT molecular complexity index is 616. The lowest BCUT2D eigenvalue weighted by atomic mass is 9.69.